The minimum absolute atomic E-state index is 1.05. The minimum atomic E-state index is 1.05. The fraction of sp³-hybridized carbons (Fsp3) is 0.182. The number of nitrogens with zero attached hydrogens (tertiary/aromatic N) is 1. The molecule has 0 atom stereocenters. The summed E-state index contributed by atoms with van der Waals surface area (Å²) in [5.41, 5.74) is 2.46. The van der Waals surface area contributed by atoms with E-state index >= 15 is 0 Å². The summed E-state index contributed by atoms with van der Waals surface area (Å²) in [5.74, 6) is 0. The normalized spacial score (nSPS) is 10.6. The van der Waals surface area contributed by atoms with Crippen LogP contribution in [0.3, 0.4) is 0 Å². The van der Waals surface area contributed by atoms with Gasteiger partial charge in [0, 0.05) is 5.39 Å². The molecule has 0 unspecified atom stereocenters. The van der Waals surface area contributed by atoms with Crippen molar-refractivity contribution in [2.24, 2.45) is 0 Å². The first-order valence-electron chi connectivity index (χ1n) is 4.35. The lowest BCUT2D eigenvalue weighted by Gasteiger charge is -2.00. The van der Waals surface area contributed by atoms with E-state index in [1.807, 2.05) is 6.07 Å². The second kappa shape index (κ2) is 3.62. The molecule has 66 valence electrons. The molecule has 1 heterocycles. The van der Waals surface area contributed by atoms with Crippen LogP contribution < -0.4 is 0 Å². The van der Waals surface area contributed by atoms with Crippen LogP contribution in [0.4, 0.5) is 0 Å². The van der Waals surface area contributed by atoms with Crippen molar-refractivity contribution in [3.63, 3.8) is 0 Å². The standard InChI is InChI=1S/C11H10IN/c1-2-8-3-5-10-9(7-8)4-6-11(12)13-10/h3-7H,2H2,1H3. The highest BCUT2D eigenvalue weighted by Crippen LogP contribution is 2.15. The Labute approximate surface area is 91.3 Å². The van der Waals surface area contributed by atoms with Gasteiger partial charge >= 0.3 is 0 Å². The Kier molecular flexibility index (Phi) is 2.49. The smallest absolute Gasteiger partial charge is 0.102 e. The number of rotatable bonds is 1. The molecule has 0 bridgehead atoms. The Bertz CT molecular complexity index is 437. The average molecular weight is 283 g/mol. The lowest BCUT2D eigenvalue weighted by molar-refractivity contribution is 1.14. The van der Waals surface area contributed by atoms with Crippen LogP contribution in [-0.4, -0.2) is 4.98 Å². The lowest BCUT2D eigenvalue weighted by Crippen LogP contribution is -1.84. The molecule has 2 aromatic rings. The predicted molar refractivity (Wildman–Crippen MR) is 63.8 cm³/mol. The largest absolute Gasteiger partial charge is 0.242 e. The van der Waals surface area contributed by atoms with E-state index in [2.05, 4.69) is 58.8 Å². The zero-order valence-corrected chi connectivity index (χ0v) is 9.58. The highest BCUT2D eigenvalue weighted by molar-refractivity contribution is 14.1. The molecule has 0 N–H and O–H groups in total. The molecule has 0 radical (unpaired) electrons. The first kappa shape index (κ1) is 8.94. The molecule has 13 heavy (non-hydrogen) atoms. The van der Waals surface area contributed by atoms with Crippen LogP contribution in [0, 0.1) is 3.70 Å². The van der Waals surface area contributed by atoms with Crippen LogP contribution in [0.2, 0.25) is 0 Å². The lowest BCUT2D eigenvalue weighted by atomic mass is 10.1. The Morgan fingerprint density at radius 1 is 1.23 bits per heavy atom. The van der Waals surface area contributed by atoms with Gasteiger partial charge < -0.3 is 0 Å². The van der Waals surface area contributed by atoms with E-state index in [4.69, 9.17) is 0 Å². The monoisotopic (exact) mass is 283 g/mol. The van der Waals surface area contributed by atoms with Gasteiger partial charge in [-0.2, -0.15) is 0 Å². The minimum Gasteiger partial charge on any atom is -0.242 e. The van der Waals surface area contributed by atoms with E-state index in [1.165, 1.54) is 10.9 Å². The number of aromatic nitrogens is 1. The first-order chi connectivity index (χ1) is 6.29. The summed E-state index contributed by atoms with van der Waals surface area (Å²) in [6, 6.07) is 10.6. The van der Waals surface area contributed by atoms with E-state index in [1.54, 1.807) is 0 Å². The number of halogens is 1. The third kappa shape index (κ3) is 1.82. The number of fused-ring (bicyclic) bond motifs is 1. The van der Waals surface area contributed by atoms with Gasteiger partial charge in [0.25, 0.3) is 0 Å². The first-order valence-corrected chi connectivity index (χ1v) is 5.42. The van der Waals surface area contributed by atoms with Gasteiger partial charge in [-0.25, -0.2) is 4.98 Å². The van der Waals surface area contributed by atoms with Crippen molar-refractivity contribution in [3.8, 4) is 0 Å². The average Bonchev–Trinajstić information content (AvgIpc) is 2.17. The molecule has 0 saturated heterocycles. The molecule has 0 aliphatic heterocycles. The molecule has 1 aromatic heterocycles. The van der Waals surface area contributed by atoms with Crippen molar-refractivity contribution < 1.29 is 0 Å². The van der Waals surface area contributed by atoms with Crippen molar-refractivity contribution in [1.29, 1.82) is 0 Å². The topological polar surface area (TPSA) is 12.9 Å². The van der Waals surface area contributed by atoms with Gasteiger partial charge in [0.05, 0.1) is 5.52 Å². The second-order valence-corrected chi connectivity index (χ2v) is 4.12. The number of pyridine rings is 1. The van der Waals surface area contributed by atoms with Gasteiger partial charge in [0.15, 0.2) is 0 Å². The van der Waals surface area contributed by atoms with Crippen LogP contribution in [0.15, 0.2) is 30.3 Å². The molecule has 1 nitrogen and oxygen atoms in total. The summed E-state index contributed by atoms with van der Waals surface area (Å²) in [5, 5.41) is 1.24. The number of benzene rings is 1. The maximum absolute atomic E-state index is 4.44. The number of aryl methyl sites for hydroxylation is 1. The molecule has 1 aromatic carbocycles. The molecule has 0 amide bonds. The Morgan fingerprint density at radius 3 is 2.85 bits per heavy atom. The molecule has 2 heteroatoms. The molecule has 0 saturated carbocycles. The van der Waals surface area contributed by atoms with Crippen LogP contribution in [-0.2, 0) is 6.42 Å². The number of hydrogen-bond donors (Lipinski definition) is 0. The Hall–Kier alpha value is -0.640. The maximum atomic E-state index is 4.44. The van der Waals surface area contributed by atoms with E-state index in [9.17, 15) is 0 Å². The van der Waals surface area contributed by atoms with Crippen molar-refractivity contribution in [1.82, 2.24) is 4.98 Å². The predicted octanol–water partition coefficient (Wildman–Crippen LogP) is 3.40. The van der Waals surface area contributed by atoms with Crippen LogP contribution in [0.1, 0.15) is 12.5 Å². The zero-order valence-electron chi connectivity index (χ0n) is 7.42. The van der Waals surface area contributed by atoms with Crippen LogP contribution in [0.5, 0.6) is 0 Å². The molecule has 2 rings (SSSR count). The SMILES string of the molecule is CCc1ccc2nc(I)ccc2c1. The molecular weight excluding hydrogens is 273 g/mol. The van der Waals surface area contributed by atoms with E-state index in [0.717, 1.165) is 15.6 Å². The Morgan fingerprint density at radius 2 is 2.08 bits per heavy atom. The van der Waals surface area contributed by atoms with Crippen molar-refractivity contribution >= 4 is 33.5 Å². The van der Waals surface area contributed by atoms with Gasteiger partial charge in [-0.05, 0) is 52.8 Å². The molecular formula is C11H10IN. The van der Waals surface area contributed by atoms with Crippen molar-refractivity contribution in [3.05, 3.63) is 39.6 Å². The van der Waals surface area contributed by atoms with Crippen LogP contribution in [0.25, 0.3) is 10.9 Å². The van der Waals surface area contributed by atoms with Gasteiger partial charge in [-0.1, -0.05) is 19.1 Å². The van der Waals surface area contributed by atoms with E-state index in [-0.39, 0.29) is 0 Å². The fourth-order valence-electron chi connectivity index (χ4n) is 1.37. The van der Waals surface area contributed by atoms with Crippen LogP contribution >= 0.6 is 22.6 Å². The number of hydrogen-bond acceptors (Lipinski definition) is 1. The molecule has 0 aliphatic carbocycles. The van der Waals surface area contributed by atoms with Gasteiger partial charge in [0.1, 0.15) is 3.70 Å². The highest BCUT2D eigenvalue weighted by Gasteiger charge is 1.96. The summed E-state index contributed by atoms with van der Waals surface area (Å²) in [7, 11) is 0. The third-order valence-electron chi connectivity index (χ3n) is 2.13. The zero-order chi connectivity index (χ0) is 9.26. The summed E-state index contributed by atoms with van der Waals surface area (Å²) >= 11 is 2.23. The maximum Gasteiger partial charge on any atom is 0.102 e. The quantitative estimate of drug-likeness (QED) is 0.577. The Balaban J connectivity index is 2.66. The van der Waals surface area contributed by atoms with Gasteiger partial charge in [0.2, 0.25) is 0 Å². The van der Waals surface area contributed by atoms with Gasteiger partial charge in [-0.15, -0.1) is 0 Å². The third-order valence-corrected chi connectivity index (χ3v) is 2.73. The van der Waals surface area contributed by atoms with Crippen molar-refractivity contribution in [2.45, 2.75) is 13.3 Å². The second-order valence-electron chi connectivity index (χ2n) is 3.01. The highest BCUT2D eigenvalue weighted by atomic mass is 127. The molecule has 0 aliphatic rings. The summed E-state index contributed by atoms with van der Waals surface area (Å²) < 4.78 is 1.05. The fourth-order valence-corrected chi connectivity index (χ4v) is 1.81. The molecule has 0 fully saturated rings. The summed E-state index contributed by atoms with van der Waals surface area (Å²) in [6.45, 7) is 2.17. The van der Waals surface area contributed by atoms with Gasteiger partial charge in [-0.3, -0.25) is 0 Å². The van der Waals surface area contributed by atoms with Crippen molar-refractivity contribution in [2.75, 3.05) is 0 Å². The summed E-state index contributed by atoms with van der Waals surface area (Å²) in [6.07, 6.45) is 1.09. The van der Waals surface area contributed by atoms with E-state index < -0.39 is 0 Å². The molecule has 0 spiro atoms. The summed E-state index contributed by atoms with van der Waals surface area (Å²) in [4.78, 5) is 4.44. The van der Waals surface area contributed by atoms with E-state index in [0.29, 0.717) is 0 Å².